The maximum absolute atomic E-state index is 12.7. The smallest absolute Gasteiger partial charge is 0.322 e. The first kappa shape index (κ1) is 18.1. The second kappa shape index (κ2) is 8.61. The van der Waals surface area contributed by atoms with E-state index in [0.717, 1.165) is 32.4 Å². The average Bonchev–Trinajstić information content (AvgIpc) is 2.69. The Bertz CT molecular complexity index is 703. The fourth-order valence-corrected chi connectivity index (χ4v) is 3.45. The van der Waals surface area contributed by atoms with Crippen LogP contribution in [0.15, 0.2) is 48.5 Å². The molecular weight excluding hydrogens is 328 g/mol. The molecular formula is C21H26N2O3. The zero-order valence-corrected chi connectivity index (χ0v) is 15.4. The molecule has 0 radical (unpaired) electrons. The highest BCUT2D eigenvalue weighted by atomic mass is 16.5. The molecule has 5 nitrogen and oxygen atoms in total. The van der Waals surface area contributed by atoms with Gasteiger partial charge in [-0.15, -0.1) is 0 Å². The summed E-state index contributed by atoms with van der Waals surface area (Å²) in [6.45, 7) is 1.53. The summed E-state index contributed by atoms with van der Waals surface area (Å²) < 4.78 is 10.7. The quantitative estimate of drug-likeness (QED) is 0.876. The van der Waals surface area contributed by atoms with Gasteiger partial charge in [0.25, 0.3) is 0 Å². The number of rotatable bonds is 5. The molecule has 0 unspecified atom stereocenters. The average molecular weight is 354 g/mol. The fraction of sp³-hybridized carbons (Fsp3) is 0.381. The predicted molar refractivity (Wildman–Crippen MR) is 103 cm³/mol. The lowest BCUT2D eigenvalue weighted by Crippen LogP contribution is -2.41. The van der Waals surface area contributed by atoms with E-state index in [1.54, 1.807) is 14.2 Å². The summed E-state index contributed by atoms with van der Waals surface area (Å²) in [4.78, 5) is 14.5. The van der Waals surface area contributed by atoms with E-state index in [0.29, 0.717) is 23.1 Å². The molecule has 1 aliphatic rings. The Morgan fingerprint density at radius 3 is 2.19 bits per heavy atom. The van der Waals surface area contributed by atoms with Crippen molar-refractivity contribution in [3.05, 3.63) is 54.1 Å². The van der Waals surface area contributed by atoms with E-state index in [2.05, 4.69) is 29.6 Å². The van der Waals surface area contributed by atoms with E-state index in [9.17, 15) is 4.79 Å². The maximum atomic E-state index is 12.7. The van der Waals surface area contributed by atoms with Crippen LogP contribution < -0.4 is 14.8 Å². The third-order valence-electron chi connectivity index (χ3n) is 4.93. The van der Waals surface area contributed by atoms with E-state index < -0.39 is 0 Å². The number of urea groups is 1. The van der Waals surface area contributed by atoms with Gasteiger partial charge < -0.3 is 19.7 Å². The highest BCUT2D eigenvalue weighted by Crippen LogP contribution is 2.34. The van der Waals surface area contributed by atoms with Crippen molar-refractivity contribution < 1.29 is 14.3 Å². The molecule has 0 bridgehead atoms. The van der Waals surface area contributed by atoms with Crippen LogP contribution in [0, 0.1) is 5.92 Å². The maximum Gasteiger partial charge on any atom is 0.322 e. The summed E-state index contributed by atoms with van der Waals surface area (Å²) in [6, 6.07) is 15.9. The second-order valence-electron chi connectivity index (χ2n) is 6.59. The van der Waals surface area contributed by atoms with Gasteiger partial charge in [-0.1, -0.05) is 36.4 Å². The number of likely N-dealkylation sites (tertiary alicyclic amines) is 1. The van der Waals surface area contributed by atoms with Gasteiger partial charge in [0.15, 0.2) is 0 Å². The summed E-state index contributed by atoms with van der Waals surface area (Å²) in [5.74, 6) is 1.82. The van der Waals surface area contributed by atoms with Gasteiger partial charge in [0.05, 0.1) is 14.2 Å². The lowest BCUT2D eigenvalue weighted by atomic mass is 9.90. The number of nitrogens with zero attached hydrogens (tertiary/aromatic N) is 1. The largest absolute Gasteiger partial charge is 0.494 e. The minimum absolute atomic E-state index is 0.106. The monoisotopic (exact) mass is 354 g/mol. The minimum atomic E-state index is -0.106. The van der Waals surface area contributed by atoms with Gasteiger partial charge in [-0.25, -0.2) is 4.79 Å². The van der Waals surface area contributed by atoms with Crippen molar-refractivity contribution in [2.75, 3.05) is 32.6 Å². The molecule has 1 fully saturated rings. The van der Waals surface area contributed by atoms with Crippen LogP contribution in [0.5, 0.6) is 11.5 Å². The van der Waals surface area contributed by atoms with Crippen molar-refractivity contribution in [2.45, 2.75) is 19.3 Å². The van der Waals surface area contributed by atoms with Crippen molar-refractivity contribution in [2.24, 2.45) is 5.92 Å². The lowest BCUT2D eigenvalue weighted by molar-refractivity contribution is 0.182. The molecule has 3 rings (SSSR count). The summed E-state index contributed by atoms with van der Waals surface area (Å²) in [5.41, 5.74) is 1.95. The first-order valence-electron chi connectivity index (χ1n) is 9.02. The lowest BCUT2D eigenvalue weighted by Gasteiger charge is -2.32. The Hall–Kier alpha value is -2.69. The first-order chi connectivity index (χ1) is 12.7. The van der Waals surface area contributed by atoms with E-state index in [4.69, 9.17) is 9.47 Å². The molecule has 5 heteroatoms. The SMILES string of the molecule is COc1cccc(OC)c1NC(=O)N1CCC(Cc2ccccc2)CC1. The molecule has 0 atom stereocenters. The summed E-state index contributed by atoms with van der Waals surface area (Å²) in [6.07, 6.45) is 3.12. The Morgan fingerprint density at radius 2 is 1.62 bits per heavy atom. The van der Waals surface area contributed by atoms with Crippen LogP contribution >= 0.6 is 0 Å². The summed E-state index contributed by atoms with van der Waals surface area (Å²) >= 11 is 0. The van der Waals surface area contributed by atoms with Gasteiger partial charge in [-0.2, -0.15) is 0 Å². The van der Waals surface area contributed by atoms with Gasteiger partial charge in [-0.3, -0.25) is 0 Å². The van der Waals surface area contributed by atoms with Gasteiger partial charge in [0.1, 0.15) is 17.2 Å². The molecule has 0 spiro atoms. The van der Waals surface area contributed by atoms with Crippen LogP contribution in [0.1, 0.15) is 18.4 Å². The number of anilines is 1. The van der Waals surface area contributed by atoms with Crippen LogP contribution in [0.2, 0.25) is 0 Å². The standard InChI is InChI=1S/C21H26N2O3/c1-25-18-9-6-10-19(26-2)20(18)22-21(24)23-13-11-17(12-14-23)15-16-7-4-3-5-8-16/h3-10,17H,11-15H2,1-2H3,(H,22,24). The molecule has 0 aromatic heterocycles. The minimum Gasteiger partial charge on any atom is -0.494 e. The Kier molecular flexibility index (Phi) is 6.00. The van der Waals surface area contributed by atoms with E-state index in [1.807, 2.05) is 29.2 Å². The normalized spacial score (nSPS) is 14.8. The molecule has 1 N–H and O–H groups in total. The number of piperidine rings is 1. The van der Waals surface area contributed by atoms with Crippen LogP contribution in [0.25, 0.3) is 0 Å². The van der Waals surface area contributed by atoms with Crippen molar-refractivity contribution >= 4 is 11.7 Å². The number of carbonyl (C=O) groups excluding carboxylic acids is 1. The number of carbonyl (C=O) groups is 1. The number of amides is 2. The number of hydrogen-bond acceptors (Lipinski definition) is 3. The number of methoxy groups -OCH3 is 2. The van der Waals surface area contributed by atoms with Crippen molar-refractivity contribution in [1.29, 1.82) is 0 Å². The van der Waals surface area contributed by atoms with E-state index in [-0.39, 0.29) is 6.03 Å². The molecule has 2 amide bonds. The van der Waals surface area contributed by atoms with Crippen LogP contribution in [0.4, 0.5) is 10.5 Å². The van der Waals surface area contributed by atoms with Crippen LogP contribution in [0.3, 0.4) is 0 Å². The Balaban J connectivity index is 1.57. The van der Waals surface area contributed by atoms with Crippen molar-refractivity contribution in [1.82, 2.24) is 4.90 Å². The molecule has 1 aliphatic heterocycles. The molecule has 26 heavy (non-hydrogen) atoms. The fourth-order valence-electron chi connectivity index (χ4n) is 3.45. The summed E-state index contributed by atoms with van der Waals surface area (Å²) in [7, 11) is 3.17. The molecule has 138 valence electrons. The van der Waals surface area contributed by atoms with Gasteiger partial charge in [0, 0.05) is 13.1 Å². The summed E-state index contributed by atoms with van der Waals surface area (Å²) in [5, 5.41) is 2.95. The molecule has 1 saturated heterocycles. The topological polar surface area (TPSA) is 50.8 Å². The highest BCUT2D eigenvalue weighted by Gasteiger charge is 2.24. The van der Waals surface area contributed by atoms with E-state index in [1.165, 1.54) is 5.56 Å². The molecule has 2 aromatic rings. The number of benzene rings is 2. The van der Waals surface area contributed by atoms with Crippen molar-refractivity contribution in [3.8, 4) is 11.5 Å². The van der Waals surface area contributed by atoms with Gasteiger partial charge in [-0.05, 0) is 42.9 Å². The number of para-hydroxylation sites is 1. The molecule has 0 saturated carbocycles. The van der Waals surface area contributed by atoms with Gasteiger partial charge in [0.2, 0.25) is 0 Å². The highest BCUT2D eigenvalue weighted by molar-refractivity contribution is 5.93. The molecule has 1 heterocycles. The second-order valence-corrected chi connectivity index (χ2v) is 6.59. The first-order valence-corrected chi connectivity index (χ1v) is 9.02. The number of hydrogen-bond donors (Lipinski definition) is 1. The Morgan fingerprint density at radius 1 is 1.00 bits per heavy atom. The van der Waals surface area contributed by atoms with Crippen molar-refractivity contribution in [3.63, 3.8) is 0 Å². The zero-order chi connectivity index (χ0) is 18.4. The third-order valence-corrected chi connectivity index (χ3v) is 4.93. The molecule has 2 aromatic carbocycles. The third kappa shape index (κ3) is 4.28. The number of nitrogens with one attached hydrogen (secondary N) is 1. The van der Waals surface area contributed by atoms with Crippen LogP contribution in [-0.4, -0.2) is 38.2 Å². The Labute approximate surface area is 154 Å². The number of ether oxygens (including phenoxy) is 2. The van der Waals surface area contributed by atoms with E-state index >= 15 is 0 Å². The zero-order valence-electron chi connectivity index (χ0n) is 15.4. The molecule has 0 aliphatic carbocycles. The predicted octanol–water partition coefficient (Wildman–Crippen LogP) is 4.19. The van der Waals surface area contributed by atoms with Gasteiger partial charge >= 0.3 is 6.03 Å². The van der Waals surface area contributed by atoms with Crippen LogP contribution in [-0.2, 0) is 6.42 Å².